The highest BCUT2D eigenvalue weighted by Gasteiger charge is 2.23. The second kappa shape index (κ2) is 13.2. The minimum absolute atomic E-state index is 0. The molecule has 208 valence electrons. The number of aliphatic imine (C=N–C) groups is 1. The SMILES string of the molecule is CC.COc1cnc(C(F)F)cc1-c1cc(C2=CN(C)C(C)N2)ccc1C(=O)N=C(N)SC(=N)C#CC1CC1.[HH]. The maximum Gasteiger partial charge on any atom is 0.280 e. The number of nitrogens with zero attached hydrogens (tertiary/aromatic N) is 3. The van der Waals surface area contributed by atoms with Gasteiger partial charge in [-0.2, -0.15) is 4.99 Å². The van der Waals surface area contributed by atoms with E-state index in [-0.39, 0.29) is 34.7 Å². The van der Waals surface area contributed by atoms with Crippen LogP contribution in [0.15, 0.2) is 41.7 Å². The van der Waals surface area contributed by atoms with E-state index in [0.29, 0.717) is 11.5 Å². The lowest BCUT2D eigenvalue weighted by Gasteiger charge is -2.16. The van der Waals surface area contributed by atoms with Gasteiger partial charge in [-0.25, -0.2) is 8.78 Å². The number of halogens is 2. The van der Waals surface area contributed by atoms with Gasteiger partial charge in [-0.05, 0) is 66.8 Å². The first-order chi connectivity index (χ1) is 18.7. The van der Waals surface area contributed by atoms with Crippen LogP contribution >= 0.6 is 11.8 Å². The first-order valence-electron chi connectivity index (χ1n) is 12.5. The number of carbonyl (C=O) groups excluding carboxylic acids is 1. The zero-order valence-electron chi connectivity index (χ0n) is 22.5. The Bertz CT molecular complexity index is 1370. The Morgan fingerprint density at radius 3 is 2.64 bits per heavy atom. The van der Waals surface area contributed by atoms with Gasteiger partial charge in [0.25, 0.3) is 12.3 Å². The molecule has 8 nitrogen and oxygen atoms in total. The van der Waals surface area contributed by atoms with E-state index in [0.717, 1.165) is 35.9 Å². The number of aromatic nitrogens is 1. The zero-order chi connectivity index (χ0) is 28.7. The van der Waals surface area contributed by atoms with Gasteiger partial charge in [0.2, 0.25) is 0 Å². The van der Waals surface area contributed by atoms with E-state index in [9.17, 15) is 13.6 Å². The normalized spacial score (nSPS) is 16.4. The average molecular weight is 557 g/mol. The van der Waals surface area contributed by atoms with Crippen LogP contribution in [0.25, 0.3) is 16.8 Å². The monoisotopic (exact) mass is 556 g/mol. The molecule has 2 aliphatic rings. The van der Waals surface area contributed by atoms with Crippen molar-refractivity contribution in [2.45, 2.75) is 46.2 Å². The number of amidine groups is 1. The number of benzene rings is 1. The van der Waals surface area contributed by atoms with Crippen molar-refractivity contribution in [2.24, 2.45) is 16.6 Å². The van der Waals surface area contributed by atoms with Crippen LogP contribution in [0.5, 0.6) is 5.75 Å². The van der Waals surface area contributed by atoms with Crippen molar-refractivity contribution in [3.63, 3.8) is 0 Å². The van der Waals surface area contributed by atoms with Gasteiger partial charge in [-0.3, -0.25) is 15.2 Å². The van der Waals surface area contributed by atoms with Crippen molar-refractivity contribution >= 4 is 33.6 Å². The van der Waals surface area contributed by atoms with Crippen molar-refractivity contribution in [3.8, 4) is 28.7 Å². The Balaban J connectivity index is 0.00000183. The van der Waals surface area contributed by atoms with Crippen LogP contribution in [0.4, 0.5) is 8.78 Å². The van der Waals surface area contributed by atoms with Gasteiger partial charge in [-0.1, -0.05) is 25.8 Å². The summed E-state index contributed by atoms with van der Waals surface area (Å²) >= 11 is 0.790. The van der Waals surface area contributed by atoms with Gasteiger partial charge in [0.05, 0.1) is 25.2 Å². The third kappa shape index (κ3) is 7.57. The number of carbonyl (C=O) groups is 1. The maximum atomic E-state index is 13.5. The molecule has 11 heteroatoms. The number of nitrogens with two attached hydrogens (primary N) is 1. The number of hydrogen-bond donors (Lipinski definition) is 3. The Labute approximate surface area is 233 Å². The summed E-state index contributed by atoms with van der Waals surface area (Å²) in [6, 6.07) is 6.23. The largest absolute Gasteiger partial charge is 0.494 e. The average Bonchev–Trinajstić information content (AvgIpc) is 3.70. The van der Waals surface area contributed by atoms with E-state index in [1.807, 2.05) is 38.9 Å². The first kappa shape index (κ1) is 29.6. The molecule has 2 aromatic rings. The number of ether oxygens (including phenoxy) is 1. The zero-order valence-corrected chi connectivity index (χ0v) is 23.3. The molecule has 1 aliphatic heterocycles. The molecule has 4 rings (SSSR count). The second-order valence-corrected chi connectivity index (χ2v) is 9.66. The summed E-state index contributed by atoms with van der Waals surface area (Å²) in [6.45, 7) is 5.99. The third-order valence-corrected chi connectivity index (χ3v) is 6.48. The smallest absolute Gasteiger partial charge is 0.280 e. The van der Waals surface area contributed by atoms with E-state index in [2.05, 4.69) is 27.1 Å². The second-order valence-electron chi connectivity index (χ2n) is 8.63. The molecule has 0 spiro atoms. The molecule has 0 radical (unpaired) electrons. The van der Waals surface area contributed by atoms with Crippen LogP contribution < -0.4 is 15.8 Å². The molecule has 1 unspecified atom stereocenters. The van der Waals surface area contributed by atoms with Crippen LogP contribution in [0.3, 0.4) is 0 Å². The number of thioether (sulfide) groups is 1. The Morgan fingerprint density at radius 1 is 1.33 bits per heavy atom. The number of rotatable bonds is 5. The fourth-order valence-electron chi connectivity index (χ4n) is 3.62. The number of nitrogens with one attached hydrogen (secondary N) is 2. The van der Waals surface area contributed by atoms with Crippen molar-refractivity contribution < 1.29 is 19.7 Å². The first-order valence-corrected chi connectivity index (χ1v) is 13.3. The van der Waals surface area contributed by atoms with Crippen LogP contribution in [0.2, 0.25) is 0 Å². The Kier molecular flexibility index (Phi) is 10.1. The third-order valence-electron chi connectivity index (χ3n) is 5.88. The predicted molar refractivity (Wildman–Crippen MR) is 155 cm³/mol. The minimum atomic E-state index is -2.81. The van der Waals surface area contributed by atoms with E-state index < -0.39 is 18.0 Å². The highest BCUT2D eigenvalue weighted by molar-refractivity contribution is 8.26. The lowest BCUT2D eigenvalue weighted by atomic mass is 9.95. The number of hydrogen-bond acceptors (Lipinski definition) is 7. The van der Waals surface area contributed by atoms with Crippen LogP contribution in [0.1, 0.15) is 63.1 Å². The van der Waals surface area contributed by atoms with Gasteiger partial charge >= 0.3 is 0 Å². The Morgan fingerprint density at radius 2 is 2.05 bits per heavy atom. The van der Waals surface area contributed by atoms with Gasteiger partial charge in [0, 0.05) is 31.7 Å². The molecule has 0 saturated heterocycles. The molecule has 39 heavy (non-hydrogen) atoms. The molecule has 1 saturated carbocycles. The summed E-state index contributed by atoms with van der Waals surface area (Å²) in [5.41, 5.74) is 7.75. The molecule has 1 fully saturated rings. The van der Waals surface area contributed by atoms with Crippen molar-refractivity contribution in [1.29, 1.82) is 5.41 Å². The lowest BCUT2D eigenvalue weighted by molar-refractivity contribution is 0.100. The molecule has 1 amide bonds. The van der Waals surface area contributed by atoms with Crippen LogP contribution in [-0.2, 0) is 0 Å². The lowest BCUT2D eigenvalue weighted by Crippen LogP contribution is -2.29. The molecule has 4 N–H and O–H groups in total. The Hall–Kier alpha value is -3.91. The maximum absolute atomic E-state index is 13.5. The molecular weight excluding hydrogens is 522 g/mol. The van der Waals surface area contributed by atoms with Crippen LogP contribution in [-0.4, -0.2) is 46.3 Å². The summed E-state index contributed by atoms with van der Waals surface area (Å²) in [4.78, 5) is 22.9. The van der Waals surface area contributed by atoms with E-state index in [4.69, 9.17) is 15.9 Å². The highest BCUT2D eigenvalue weighted by Crippen LogP contribution is 2.37. The van der Waals surface area contributed by atoms with Gasteiger partial charge in [-0.15, -0.1) is 0 Å². The molecule has 0 bridgehead atoms. The molecule has 1 aromatic carbocycles. The number of pyridine rings is 1. The summed E-state index contributed by atoms with van der Waals surface area (Å²) in [5.74, 6) is 5.53. The summed E-state index contributed by atoms with van der Waals surface area (Å²) < 4.78 is 32.4. The number of alkyl halides is 2. The van der Waals surface area contributed by atoms with Gasteiger partial charge < -0.3 is 20.7 Å². The van der Waals surface area contributed by atoms with E-state index in [1.165, 1.54) is 19.4 Å². The summed E-state index contributed by atoms with van der Waals surface area (Å²) in [5, 5.41) is 11.1. The van der Waals surface area contributed by atoms with Gasteiger partial charge in [0.15, 0.2) is 5.17 Å². The van der Waals surface area contributed by atoms with E-state index >= 15 is 0 Å². The molecular formula is C28H34F2N6O2S. The molecule has 1 aliphatic carbocycles. The quantitative estimate of drug-likeness (QED) is 0.245. The minimum Gasteiger partial charge on any atom is -0.494 e. The van der Waals surface area contributed by atoms with E-state index in [1.54, 1.807) is 18.2 Å². The highest BCUT2D eigenvalue weighted by atomic mass is 32.2. The fourth-order valence-corrected chi connectivity index (χ4v) is 4.07. The number of methoxy groups -OCH3 is 1. The molecule has 2 heterocycles. The van der Waals surface area contributed by atoms with Gasteiger partial charge in [0.1, 0.15) is 16.5 Å². The van der Waals surface area contributed by atoms with Crippen LogP contribution in [0, 0.1) is 23.2 Å². The molecule has 1 aromatic heterocycles. The number of amides is 1. The van der Waals surface area contributed by atoms with Crippen molar-refractivity contribution in [3.05, 3.63) is 53.5 Å². The van der Waals surface area contributed by atoms with Crippen molar-refractivity contribution in [1.82, 2.24) is 15.2 Å². The summed E-state index contributed by atoms with van der Waals surface area (Å²) in [6.07, 6.45) is 2.42. The molecule has 1 atom stereocenters. The summed E-state index contributed by atoms with van der Waals surface area (Å²) in [7, 11) is 3.32. The van der Waals surface area contributed by atoms with Crippen molar-refractivity contribution in [2.75, 3.05) is 14.2 Å². The fraction of sp³-hybridized carbons (Fsp3) is 0.357. The standard InChI is InChI=1S/C26H26F2N6O2S.C2H6.H2/c1-14-32-21(13-34(14)2)16-7-8-17(25(35)33-26(30)37-23(29)9-6-15-4-5-15)18(10-16)19-11-20(24(27)28)31-12-22(19)36-3;1-2;/h7-8,10-15,24,29,32H,4-5H2,1-3H3,(H2,30,33,35);1-2H3;1H. The topological polar surface area (TPSA) is 117 Å². The predicted octanol–water partition coefficient (Wildman–Crippen LogP) is 5.73.